The molecule has 69 valence electrons. The van der Waals surface area contributed by atoms with Crippen LogP contribution in [-0.2, 0) is 0 Å². The Labute approximate surface area is 77.4 Å². The lowest BCUT2D eigenvalue weighted by molar-refractivity contribution is 0.653. The molecule has 0 N–H and O–H groups in total. The van der Waals surface area contributed by atoms with Gasteiger partial charge in [0.15, 0.2) is 0 Å². The van der Waals surface area contributed by atoms with Crippen molar-refractivity contribution < 1.29 is 0 Å². The van der Waals surface area contributed by atoms with Gasteiger partial charge in [-0.25, -0.2) is 0 Å². The summed E-state index contributed by atoms with van der Waals surface area (Å²) in [7, 11) is 0. The minimum Gasteiger partial charge on any atom is -0.0883 e. The van der Waals surface area contributed by atoms with Gasteiger partial charge in [0.05, 0.1) is 0 Å². The average Bonchev–Trinajstić information content (AvgIpc) is 2.09. The predicted octanol–water partition coefficient (Wildman–Crippen LogP) is 4.14. The van der Waals surface area contributed by atoms with Crippen LogP contribution in [0.5, 0.6) is 0 Å². The summed E-state index contributed by atoms with van der Waals surface area (Å²) in [5.41, 5.74) is 0. The standard InChI is InChI=1S/C12H21/c1-4-6-8-9-11-12(3)10-7-5-2/h2,5,9,11-12H,4,6-8,10H2,1,3H3. The first kappa shape index (κ1) is 11.5. The van der Waals surface area contributed by atoms with E-state index < -0.39 is 0 Å². The maximum absolute atomic E-state index is 5.30. The van der Waals surface area contributed by atoms with Crippen molar-refractivity contribution in [1.82, 2.24) is 0 Å². The molecule has 0 amide bonds. The van der Waals surface area contributed by atoms with Crippen molar-refractivity contribution in [2.75, 3.05) is 0 Å². The molecular weight excluding hydrogens is 144 g/mol. The molecule has 0 aromatic rings. The van der Waals surface area contributed by atoms with E-state index in [0.29, 0.717) is 5.92 Å². The van der Waals surface area contributed by atoms with E-state index in [1.807, 2.05) is 0 Å². The van der Waals surface area contributed by atoms with E-state index in [9.17, 15) is 0 Å². The number of unbranched alkanes of at least 4 members (excludes halogenated alkanes) is 2. The van der Waals surface area contributed by atoms with Crippen molar-refractivity contribution in [1.29, 1.82) is 0 Å². The van der Waals surface area contributed by atoms with Gasteiger partial charge in [-0.1, -0.05) is 51.5 Å². The molecule has 0 aliphatic carbocycles. The van der Waals surface area contributed by atoms with Gasteiger partial charge < -0.3 is 0 Å². The van der Waals surface area contributed by atoms with Gasteiger partial charge in [-0.15, -0.1) is 0 Å². The normalized spacial score (nSPS) is 13.5. The van der Waals surface area contributed by atoms with Crippen LogP contribution in [0.1, 0.15) is 46.0 Å². The molecule has 0 saturated heterocycles. The molecule has 0 nitrogen and oxygen atoms in total. The molecular formula is C12H21. The highest BCUT2D eigenvalue weighted by Crippen LogP contribution is 2.08. The Kier molecular flexibility index (Phi) is 8.20. The summed E-state index contributed by atoms with van der Waals surface area (Å²) in [6, 6.07) is 0. The second-order valence-corrected chi connectivity index (χ2v) is 3.36. The minimum absolute atomic E-state index is 0.682. The number of allylic oxidation sites excluding steroid dienone is 3. The molecule has 0 aliphatic rings. The van der Waals surface area contributed by atoms with Crippen LogP contribution in [0.25, 0.3) is 0 Å². The van der Waals surface area contributed by atoms with Gasteiger partial charge in [0.1, 0.15) is 0 Å². The fraction of sp³-hybridized carbons (Fsp3) is 0.667. The Morgan fingerprint density at radius 1 is 1.33 bits per heavy atom. The van der Waals surface area contributed by atoms with Crippen molar-refractivity contribution in [2.45, 2.75) is 46.0 Å². The molecule has 0 fully saturated rings. The van der Waals surface area contributed by atoms with Crippen LogP contribution in [0.15, 0.2) is 18.2 Å². The Bertz CT molecular complexity index is 122. The molecule has 0 bridgehead atoms. The minimum atomic E-state index is 0.682. The van der Waals surface area contributed by atoms with Gasteiger partial charge in [-0.05, 0) is 25.2 Å². The molecule has 0 aromatic heterocycles. The summed E-state index contributed by atoms with van der Waals surface area (Å²) in [5.74, 6) is 0.682. The Hall–Kier alpha value is -0.520. The van der Waals surface area contributed by atoms with E-state index in [1.165, 1.54) is 25.7 Å². The molecule has 0 spiro atoms. The topological polar surface area (TPSA) is 0 Å². The quantitative estimate of drug-likeness (QED) is 0.393. The average molecular weight is 165 g/mol. The first-order valence-electron chi connectivity index (χ1n) is 5.01. The first-order valence-corrected chi connectivity index (χ1v) is 5.01. The van der Waals surface area contributed by atoms with E-state index in [1.54, 1.807) is 6.08 Å². The summed E-state index contributed by atoms with van der Waals surface area (Å²) >= 11 is 0. The smallest absolute Gasteiger partial charge is 0.0259 e. The van der Waals surface area contributed by atoms with Gasteiger partial charge in [-0.2, -0.15) is 0 Å². The molecule has 0 rings (SSSR count). The van der Waals surface area contributed by atoms with Crippen LogP contribution in [-0.4, -0.2) is 0 Å². The highest BCUT2D eigenvalue weighted by atomic mass is 14.0. The van der Waals surface area contributed by atoms with Crippen molar-refractivity contribution in [3.05, 3.63) is 24.8 Å². The number of rotatable bonds is 7. The van der Waals surface area contributed by atoms with Gasteiger partial charge >= 0.3 is 0 Å². The summed E-state index contributed by atoms with van der Waals surface area (Å²) in [6.07, 6.45) is 12.4. The van der Waals surface area contributed by atoms with Crippen molar-refractivity contribution in [2.24, 2.45) is 5.92 Å². The largest absolute Gasteiger partial charge is 0.0883 e. The second kappa shape index (κ2) is 8.58. The van der Waals surface area contributed by atoms with E-state index in [0.717, 1.165) is 6.42 Å². The lowest BCUT2D eigenvalue weighted by Crippen LogP contribution is -1.87. The lowest BCUT2D eigenvalue weighted by Gasteiger charge is -2.01. The number of hydrogen-bond donors (Lipinski definition) is 0. The van der Waals surface area contributed by atoms with E-state index in [2.05, 4.69) is 26.0 Å². The molecule has 0 saturated carbocycles. The Morgan fingerprint density at radius 2 is 2.08 bits per heavy atom. The van der Waals surface area contributed by atoms with Crippen molar-refractivity contribution >= 4 is 0 Å². The summed E-state index contributed by atoms with van der Waals surface area (Å²) in [5, 5.41) is 0. The highest BCUT2D eigenvalue weighted by molar-refractivity contribution is 4.87. The van der Waals surface area contributed by atoms with Crippen LogP contribution in [0.2, 0.25) is 0 Å². The first-order chi connectivity index (χ1) is 5.81. The van der Waals surface area contributed by atoms with Crippen LogP contribution in [0.4, 0.5) is 0 Å². The zero-order valence-electron chi connectivity index (χ0n) is 8.42. The third kappa shape index (κ3) is 7.59. The van der Waals surface area contributed by atoms with Gasteiger partial charge in [0.25, 0.3) is 0 Å². The maximum atomic E-state index is 5.30. The van der Waals surface area contributed by atoms with Crippen molar-refractivity contribution in [3.63, 3.8) is 0 Å². The second-order valence-electron chi connectivity index (χ2n) is 3.36. The molecule has 1 unspecified atom stereocenters. The van der Waals surface area contributed by atoms with Crippen LogP contribution < -0.4 is 0 Å². The molecule has 1 atom stereocenters. The molecule has 0 heteroatoms. The van der Waals surface area contributed by atoms with Gasteiger partial charge in [0, 0.05) is 0 Å². The molecule has 1 radical (unpaired) electrons. The maximum Gasteiger partial charge on any atom is -0.0259 e. The fourth-order valence-electron chi connectivity index (χ4n) is 1.11. The zero-order chi connectivity index (χ0) is 9.23. The Balaban J connectivity index is 3.32. The van der Waals surface area contributed by atoms with E-state index >= 15 is 0 Å². The molecule has 0 heterocycles. The fourth-order valence-corrected chi connectivity index (χ4v) is 1.11. The third-order valence-electron chi connectivity index (χ3n) is 1.98. The van der Waals surface area contributed by atoms with Gasteiger partial charge in [-0.3, -0.25) is 0 Å². The lowest BCUT2D eigenvalue weighted by atomic mass is 10.0. The summed E-state index contributed by atoms with van der Waals surface area (Å²) in [4.78, 5) is 0. The van der Waals surface area contributed by atoms with Gasteiger partial charge in [0.2, 0.25) is 0 Å². The number of hydrogen-bond acceptors (Lipinski definition) is 0. The van der Waals surface area contributed by atoms with Crippen LogP contribution in [0.3, 0.4) is 0 Å². The molecule has 12 heavy (non-hydrogen) atoms. The highest BCUT2D eigenvalue weighted by Gasteiger charge is 1.93. The zero-order valence-corrected chi connectivity index (χ0v) is 8.42. The summed E-state index contributed by atoms with van der Waals surface area (Å²) < 4.78 is 0. The monoisotopic (exact) mass is 165 g/mol. The third-order valence-corrected chi connectivity index (χ3v) is 1.98. The SMILES string of the molecule is [CH]=CCCC(C)C=CCCCC. The predicted molar refractivity (Wildman–Crippen MR) is 55.9 cm³/mol. The van der Waals surface area contributed by atoms with Crippen LogP contribution in [0, 0.1) is 12.5 Å². The van der Waals surface area contributed by atoms with E-state index in [4.69, 9.17) is 6.58 Å². The Morgan fingerprint density at radius 3 is 2.67 bits per heavy atom. The van der Waals surface area contributed by atoms with Crippen LogP contribution >= 0.6 is 0 Å². The van der Waals surface area contributed by atoms with Crippen molar-refractivity contribution in [3.8, 4) is 0 Å². The molecule has 0 aliphatic heterocycles. The summed E-state index contributed by atoms with van der Waals surface area (Å²) in [6.45, 7) is 9.77. The molecule has 0 aromatic carbocycles. The van der Waals surface area contributed by atoms with E-state index in [-0.39, 0.29) is 0 Å².